The predicted molar refractivity (Wildman–Crippen MR) is 50.0 cm³/mol. The number of aryl methyl sites for hydroxylation is 1. The molecule has 1 aromatic heterocycles. The first-order valence-corrected chi connectivity index (χ1v) is 4.41. The fourth-order valence-electron chi connectivity index (χ4n) is 1.02. The molecule has 15 heavy (non-hydrogen) atoms. The maximum absolute atomic E-state index is 13.4. The second-order valence-electron chi connectivity index (χ2n) is 2.91. The van der Waals surface area contributed by atoms with Gasteiger partial charge in [-0.15, -0.1) is 0 Å². The summed E-state index contributed by atoms with van der Waals surface area (Å²) in [7, 11) is 0. The van der Waals surface area contributed by atoms with E-state index < -0.39 is 18.0 Å². The monoisotopic (exact) mass is 214 g/mol. The Morgan fingerprint density at radius 3 is 3.00 bits per heavy atom. The number of hydrogen-bond acceptors (Lipinski definition) is 4. The van der Waals surface area contributed by atoms with Crippen LogP contribution >= 0.6 is 0 Å². The number of alkyl halides is 1. The molecule has 0 aliphatic carbocycles. The molecule has 0 aliphatic rings. The Morgan fingerprint density at radius 2 is 2.40 bits per heavy atom. The normalized spacial score (nSPS) is 12.2. The molecular formula is C9H11FN2O3. The maximum atomic E-state index is 13.4. The van der Waals surface area contributed by atoms with E-state index in [9.17, 15) is 14.0 Å². The number of carbonyl (C=O) groups excluding carboxylic acids is 1. The van der Waals surface area contributed by atoms with Crippen molar-refractivity contribution in [3.63, 3.8) is 0 Å². The number of ether oxygens (including phenoxy) is 1. The molecule has 1 aromatic rings. The number of nitrogens with zero attached hydrogens (tertiary/aromatic N) is 2. The molecule has 1 rings (SSSR count). The van der Waals surface area contributed by atoms with Crippen LogP contribution in [0.2, 0.25) is 0 Å². The summed E-state index contributed by atoms with van der Waals surface area (Å²) in [6, 6.07) is 0. The highest BCUT2D eigenvalue weighted by atomic mass is 19.1. The van der Waals surface area contributed by atoms with Gasteiger partial charge in [0.15, 0.2) is 0 Å². The maximum Gasteiger partial charge on any atom is 0.362 e. The van der Waals surface area contributed by atoms with Gasteiger partial charge in [0.1, 0.15) is 0 Å². The SMILES string of the molecule is CCOC(=O)C(F)n1cc(C)cnc1=O. The Morgan fingerprint density at radius 1 is 1.73 bits per heavy atom. The fraction of sp³-hybridized carbons (Fsp3) is 0.444. The Kier molecular flexibility index (Phi) is 3.54. The van der Waals surface area contributed by atoms with Gasteiger partial charge in [0.25, 0.3) is 6.30 Å². The highest BCUT2D eigenvalue weighted by Crippen LogP contribution is 2.07. The van der Waals surface area contributed by atoms with E-state index in [1.54, 1.807) is 13.8 Å². The van der Waals surface area contributed by atoms with E-state index in [-0.39, 0.29) is 6.61 Å². The molecule has 0 amide bonds. The molecular weight excluding hydrogens is 203 g/mol. The molecule has 1 unspecified atom stereocenters. The fourth-order valence-corrected chi connectivity index (χ4v) is 1.02. The predicted octanol–water partition coefficient (Wildman–Crippen LogP) is 0.583. The van der Waals surface area contributed by atoms with Crippen LogP contribution < -0.4 is 5.69 Å². The molecule has 82 valence electrons. The van der Waals surface area contributed by atoms with Crippen molar-refractivity contribution < 1.29 is 13.9 Å². The van der Waals surface area contributed by atoms with Crippen LogP contribution in [0.25, 0.3) is 0 Å². The van der Waals surface area contributed by atoms with Gasteiger partial charge in [-0.1, -0.05) is 0 Å². The molecule has 0 aliphatic heterocycles. The summed E-state index contributed by atoms with van der Waals surface area (Å²) < 4.78 is 18.5. The summed E-state index contributed by atoms with van der Waals surface area (Å²) in [6.45, 7) is 3.26. The molecule has 0 fully saturated rings. The average Bonchev–Trinajstić information content (AvgIpc) is 2.21. The lowest BCUT2D eigenvalue weighted by Crippen LogP contribution is -2.30. The minimum absolute atomic E-state index is 0.0627. The van der Waals surface area contributed by atoms with Crippen LogP contribution in [-0.4, -0.2) is 22.1 Å². The summed E-state index contributed by atoms with van der Waals surface area (Å²) >= 11 is 0. The Labute approximate surface area is 85.5 Å². The first-order valence-electron chi connectivity index (χ1n) is 4.41. The summed E-state index contributed by atoms with van der Waals surface area (Å²) in [5, 5.41) is 0. The molecule has 0 bridgehead atoms. The number of aromatic nitrogens is 2. The van der Waals surface area contributed by atoms with E-state index in [4.69, 9.17) is 0 Å². The van der Waals surface area contributed by atoms with Gasteiger partial charge in [-0.05, 0) is 19.4 Å². The van der Waals surface area contributed by atoms with Crippen LogP contribution in [0.1, 0.15) is 18.8 Å². The Bertz CT molecular complexity index is 416. The van der Waals surface area contributed by atoms with Gasteiger partial charge < -0.3 is 4.74 Å². The van der Waals surface area contributed by atoms with Crippen LogP contribution in [0.3, 0.4) is 0 Å². The van der Waals surface area contributed by atoms with Crippen LogP contribution in [0.15, 0.2) is 17.2 Å². The van der Waals surface area contributed by atoms with Crippen molar-refractivity contribution in [2.24, 2.45) is 0 Å². The smallest absolute Gasteiger partial charge is 0.362 e. The third kappa shape index (κ3) is 2.61. The standard InChI is InChI=1S/C9H11FN2O3/c1-3-15-8(13)7(10)12-5-6(2)4-11-9(12)14/h4-5,7H,3H2,1-2H3. The minimum Gasteiger partial charge on any atom is -0.462 e. The lowest BCUT2D eigenvalue weighted by Gasteiger charge is -2.09. The zero-order chi connectivity index (χ0) is 11.4. The summed E-state index contributed by atoms with van der Waals surface area (Å²) in [5.41, 5.74) is -0.234. The first kappa shape index (κ1) is 11.4. The molecule has 1 heterocycles. The molecule has 6 heteroatoms. The number of halogens is 1. The first-order chi connectivity index (χ1) is 7.06. The van der Waals surface area contributed by atoms with Gasteiger partial charge >= 0.3 is 11.7 Å². The van der Waals surface area contributed by atoms with Gasteiger partial charge in [-0.25, -0.2) is 19.0 Å². The molecule has 0 saturated carbocycles. The molecule has 0 radical (unpaired) electrons. The zero-order valence-electron chi connectivity index (χ0n) is 8.44. The van der Waals surface area contributed by atoms with E-state index in [1.807, 2.05) is 0 Å². The Balaban J connectivity index is 3.00. The number of esters is 1. The van der Waals surface area contributed by atoms with Gasteiger partial charge in [-0.2, -0.15) is 0 Å². The molecule has 0 spiro atoms. The highest BCUT2D eigenvalue weighted by Gasteiger charge is 2.21. The highest BCUT2D eigenvalue weighted by molar-refractivity contribution is 5.72. The molecule has 0 N–H and O–H groups in total. The number of carbonyl (C=O) groups is 1. The van der Waals surface area contributed by atoms with Crippen molar-refractivity contribution in [1.29, 1.82) is 0 Å². The molecule has 5 nitrogen and oxygen atoms in total. The van der Waals surface area contributed by atoms with E-state index in [0.29, 0.717) is 10.1 Å². The van der Waals surface area contributed by atoms with Gasteiger partial charge in [0.05, 0.1) is 6.61 Å². The summed E-state index contributed by atoms with van der Waals surface area (Å²) in [6.07, 6.45) is 0.387. The minimum atomic E-state index is -2.13. The summed E-state index contributed by atoms with van der Waals surface area (Å²) in [5.74, 6) is -1.09. The summed E-state index contributed by atoms with van der Waals surface area (Å²) in [4.78, 5) is 25.5. The topological polar surface area (TPSA) is 61.2 Å². The third-order valence-electron chi connectivity index (χ3n) is 1.67. The zero-order valence-corrected chi connectivity index (χ0v) is 8.44. The second-order valence-corrected chi connectivity index (χ2v) is 2.91. The van der Waals surface area contributed by atoms with Crippen molar-refractivity contribution in [2.75, 3.05) is 6.61 Å². The lowest BCUT2D eigenvalue weighted by molar-refractivity contribution is -0.153. The lowest BCUT2D eigenvalue weighted by atomic mass is 10.4. The van der Waals surface area contributed by atoms with Gasteiger partial charge in [0, 0.05) is 12.4 Å². The van der Waals surface area contributed by atoms with Gasteiger partial charge in [-0.3, -0.25) is 4.57 Å². The second kappa shape index (κ2) is 4.68. The van der Waals surface area contributed by atoms with Crippen LogP contribution in [0.5, 0.6) is 0 Å². The van der Waals surface area contributed by atoms with Crippen molar-refractivity contribution in [3.8, 4) is 0 Å². The van der Waals surface area contributed by atoms with Crippen molar-refractivity contribution >= 4 is 5.97 Å². The van der Waals surface area contributed by atoms with Crippen LogP contribution in [0, 0.1) is 6.92 Å². The van der Waals surface area contributed by atoms with Crippen molar-refractivity contribution in [1.82, 2.24) is 9.55 Å². The number of hydrogen-bond donors (Lipinski definition) is 0. The van der Waals surface area contributed by atoms with Crippen LogP contribution in [0.4, 0.5) is 4.39 Å². The van der Waals surface area contributed by atoms with E-state index in [1.165, 1.54) is 12.4 Å². The van der Waals surface area contributed by atoms with Gasteiger partial charge in [0.2, 0.25) is 0 Å². The van der Waals surface area contributed by atoms with E-state index >= 15 is 0 Å². The average molecular weight is 214 g/mol. The largest absolute Gasteiger partial charge is 0.462 e. The molecule has 0 saturated heterocycles. The molecule has 0 aromatic carbocycles. The number of rotatable bonds is 3. The molecule has 1 atom stereocenters. The van der Waals surface area contributed by atoms with Crippen molar-refractivity contribution in [2.45, 2.75) is 20.1 Å². The van der Waals surface area contributed by atoms with Crippen molar-refractivity contribution in [3.05, 3.63) is 28.4 Å². The Hall–Kier alpha value is -1.72. The van der Waals surface area contributed by atoms with Crippen LogP contribution in [-0.2, 0) is 9.53 Å². The van der Waals surface area contributed by atoms with E-state index in [0.717, 1.165) is 0 Å². The third-order valence-corrected chi connectivity index (χ3v) is 1.67. The van der Waals surface area contributed by atoms with E-state index in [2.05, 4.69) is 9.72 Å². The quantitative estimate of drug-likeness (QED) is 0.690.